The largest absolute Gasteiger partial charge is 0.349 e. The van der Waals surface area contributed by atoms with Crippen LogP contribution in [0.4, 0.5) is 11.5 Å². The van der Waals surface area contributed by atoms with E-state index < -0.39 is 0 Å². The van der Waals surface area contributed by atoms with Crippen LogP contribution in [0.1, 0.15) is 12.8 Å². The molecule has 1 saturated heterocycles. The minimum Gasteiger partial charge on any atom is -0.349 e. The van der Waals surface area contributed by atoms with Crippen molar-refractivity contribution >= 4 is 11.5 Å². The van der Waals surface area contributed by atoms with Gasteiger partial charge >= 0.3 is 5.69 Å². The van der Waals surface area contributed by atoms with Crippen molar-refractivity contribution < 1.29 is 4.92 Å². The van der Waals surface area contributed by atoms with Crippen molar-refractivity contribution in [3.8, 4) is 0 Å². The highest BCUT2D eigenvalue weighted by atomic mass is 16.6. The SMILES string of the molecule is CNCC1CCN(c2nn(C)cc2[N+](=O)[O-])CC1. The van der Waals surface area contributed by atoms with E-state index in [-0.39, 0.29) is 10.6 Å². The summed E-state index contributed by atoms with van der Waals surface area (Å²) in [6.45, 7) is 2.69. The molecule has 1 fully saturated rings. The molecule has 1 aromatic heterocycles. The van der Waals surface area contributed by atoms with E-state index in [0.29, 0.717) is 11.7 Å². The van der Waals surface area contributed by atoms with Crippen LogP contribution in [-0.2, 0) is 7.05 Å². The summed E-state index contributed by atoms with van der Waals surface area (Å²) in [6, 6.07) is 0. The second-order valence-corrected chi connectivity index (χ2v) is 4.76. The molecular weight excluding hydrogens is 234 g/mol. The van der Waals surface area contributed by atoms with Crippen molar-refractivity contribution in [2.24, 2.45) is 13.0 Å². The van der Waals surface area contributed by atoms with Gasteiger partial charge in [0.05, 0.1) is 4.92 Å². The van der Waals surface area contributed by atoms with Crippen molar-refractivity contribution in [1.29, 1.82) is 0 Å². The van der Waals surface area contributed by atoms with Gasteiger partial charge in [-0.15, -0.1) is 5.10 Å². The molecule has 1 aromatic rings. The zero-order chi connectivity index (χ0) is 13.1. The van der Waals surface area contributed by atoms with Crippen molar-refractivity contribution in [3.05, 3.63) is 16.3 Å². The quantitative estimate of drug-likeness (QED) is 0.633. The molecule has 0 spiro atoms. The molecule has 1 aliphatic heterocycles. The minimum absolute atomic E-state index is 0.101. The Hall–Kier alpha value is -1.63. The molecule has 0 amide bonds. The number of hydrogen-bond donors (Lipinski definition) is 1. The molecule has 100 valence electrons. The maximum atomic E-state index is 11.0. The molecule has 2 rings (SSSR count). The van der Waals surface area contributed by atoms with Crippen LogP contribution in [0.15, 0.2) is 6.20 Å². The van der Waals surface area contributed by atoms with E-state index >= 15 is 0 Å². The van der Waals surface area contributed by atoms with Crippen LogP contribution in [0.25, 0.3) is 0 Å². The van der Waals surface area contributed by atoms with Gasteiger partial charge in [-0.3, -0.25) is 14.8 Å². The van der Waals surface area contributed by atoms with E-state index in [0.717, 1.165) is 32.5 Å². The predicted octanol–water partition coefficient (Wildman–Crippen LogP) is 0.764. The Morgan fingerprint density at radius 1 is 1.56 bits per heavy atom. The number of nitro groups is 1. The average molecular weight is 253 g/mol. The number of hydrogen-bond acceptors (Lipinski definition) is 5. The molecule has 0 aliphatic carbocycles. The van der Waals surface area contributed by atoms with E-state index in [9.17, 15) is 10.1 Å². The molecule has 1 N–H and O–H groups in total. The summed E-state index contributed by atoms with van der Waals surface area (Å²) in [6.07, 6.45) is 3.57. The van der Waals surface area contributed by atoms with Crippen molar-refractivity contribution in [1.82, 2.24) is 15.1 Å². The lowest BCUT2D eigenvalue weighted by Crippen LogP contribution is -2.37. The van der Waals surface area contributed by atoms with E-state index in [1.807, 2.05) is 11.9 Å². The lowest BCUT2D eigenvalue weighted by atomic mass is 9.97. The van der Waals surface area contributed by atoms with Gasteiger partial charge in [0.2, 0.25) is 5.82 Å². The van der Waals surface area contributed by atoms with Crippen LogP contribution in [0.5, 0.6) is 0 Å². The normalized spacial score (nSPS) is 17.1. The monoisotopic (exact) mass is 253 g/mol. The summed E-state index contributed by atoms with van der Waals surface area (Å²) >= 11 is 0. The third kappa shape index (κ3) is 2.61. The smallest absolute Gasteiger partial charge is 0.330 e. The highest BCUT2D eigenvalue weighted by molar-refractivity contribution is 5.56. The van der Waals surface area contributed by atoms with Gasteiger partial charge in [0, 0.05) is 20.1 Å². The first-order valence-corrected chi connectivity index (χ1v) is 6.19. The first-order chi connectivity index (χ1) is 8.61. The molecular formula is C11H19N5O2. The maximum Gasteiger partial charge on any atom is 0.330 e. The van der Waals surface area contributed by atoms with Gasteiger partial charge in [-0.25, -0.2) is 0 Å². The third-order valence-corrected chi connectivity index (χ3v) is 3.39. The van der Waals surface area contributed by atoms with Crippen molar-refractivity contribution in [3.63, 3.8) is 0 Å². The van der Waals surface area contributed by atoms with Crippen LogP contribution in [0.3, 0.4) is 0 Å². The van der Waals surface area contributed by atoms with Gasteiger partial charge in [0.25, 0.3) is 0 Å². The van der Waals surface area contributed by atoms with Gasteiger partial charge in [-0.2, -0.15) is 0 Å². The zero-order valence-electron chi connectivity index (χ0n) is 10.8. The van der Waals surface area contributed by atoms with Gasteiger partial charge in [0.1, 0.15) is 6.20 Å². The number of rotatable bonds is 4. The third-order valence-electron chi connectivity index (χ3n) is 3.39. The predicted molar refractivity (Wildman–Crippen MR) is 68.7 cm³/mol. The van der Waals surface area contributed by atoms with E-state index in [1.54, 1.807) is 7.05 Å². The summed E-state index contributed by atoms with van der Waals surface area (Å²) in [7, 11) is 3.67. The number of aromatic nitrogens is 2. The number of nitrogens with zero attached hydrogens (tertiary/aromatic N) is 4. The van der Waals surface area contributed by atoms with E-state index in [4.69, 9.17) is 0 Å². The highest BCUT2D eigenvalue weighted by Gasteiger charge is 2.27. The highest BCUT2D eigenvalue weighted by Crippen LogP contribution is 2.29. The Balaban J connectivity index is 2.07. The lowest BCUT2D eigenvalue weighted by Gasteiger charge is -2.31. The average Bonchev–Trinajstić information content (AvgIpc) is 2.73. The summed E-state index contributed by atoms with van der Waals surface area (Å²) < 4.78 is 1.51. The number of aryl methyl sites for hydroxylation is 1. The molecule has 1 aliphatic rings. The molecule has 7 nitrogen and oxygen atoms in total. The molecule has 0 aromatic carbocycles. The molecule has 0 bridgehead atoms. The van der Waals surface area contributed by atoms with Crippen LogP contribution >= 0.6 is 0 Å². The summed E-state index contributed by atoms with van der Waals surface area (Å²) in [5.41, 5.74) is 0.101. The van der Waals surface area contributed by atoms with Gasteiger partial charge in [-0.05, 0) is 32.4 Å². The van der Waals surface area contributed by atoms with Crippen molar-refractivity contribution in [2.75, 3.05) is 31.6 Å². The molecule has 0 radical (unpaired) electrons. The maximum absolute atomic E-state index is 11.0. The van der Waals surface area contributed by atoms with Gasteiger partial charge < -0.3 is 10.2 Å². The second kappa shape index (κ2) is 5.34. The second-order valence-electron chi connectivity index (χ2n) is 4.76. The number of piperidine rings is 1. The van der Waals surface area contributed by atoms with E-state index in [2.05, 4.69) is 10.4 Å². The van der Waals surface area contributed by atoms with Gasteiger partial charge in [-0.1, -0.05) is 0 Å². The Morgan fingerprint density at radius 3 is 2.78 bits per heavy atom. The summed E-state index contributed by atoms with van der Waals surface area (Å²) in [5, 5.41) is 18.4. The first-order valence-electron chi connectivity index (χ1n) is 6.19. The Bertz CT molecular complexity index is 423. The molecule has 7 heteroatoms. The fraction of sp³-hybridized carbons (Fsp3) is 0.727. The number of nitrogens with one attached hydrogen (secondary N) is 1. The molecule has 0 saturated carbocycles. The summed E-state index contributed by atoms with van der Waals surface area (Å²) in [4.78, 5) is 12.6. The Kier molecular flexibility index (Phi) is 3.81. The minimum atomic E-state index is -0.359. The summed E-state index contributed by atoms with van der Waals surface area (Å²) in [5.74, 6) is 1.17. The fourth-order valence-corrected chi connectivity index (χ4v) is 2.46. The van der Waals surface area contributed by atoms with Gasteiger partial charge in [0.15, 0.2) is 0 Å². The number of anilines is 1. The Morgan fingerprint density at radius 2 is 2.22 bits per heavy atom. The van der Waals surface area contributed by atoms with Crippen LogP contribution < -0.4 is 10.2 Å². The fourth-order valence-electron chi connectivity index (χ4n) is 2.46. The first kappa shape index (κ1) is 12.8. The molecule has 18 heavy (non-hydrogen) atoms. The van der Waals surface area contributed by atoms with Crippen molar-refractivity contribution in [2.45, 2.75) is 12.8 Å². The standard InChI is InChI=1S/C11H19N5O2/c1-12-7-9-3-5-15(6-4-9)11-10(16(17)18)8-14(2)13-11/h8-9,12H,3-7H2,1-2H3. The Labute approximate surface area is 106 Å². The topological polar surface area (TPSA) is 76.2 Å². The zero-order valence-corrected chi connectivity index (χ0v) is 10.8. The molecule has 2 heterocycles. The van der Waals surface area contributed by atoms with Crippen LogP contribution in [0.2, 0.25) is 0 Å². The molecule has 0 atom stereocenters. The van der Waals surface area contributed by atoms with Crippen LogP contribution in [0, 0.1) is 16.0 Å². The van der Waals surface area contributed by atoms with E-state index in [1.165, 1.54) is 10.9 Å². The van der Waals surface area contributed by atoms with Crippen LogP contribution in [-0.4, -0.2) is 41.4 Å². The molecule has 0 unspecified atom stereocenters. The lowest BCUT2D eigenvalue weighted by molar-refractivity contribution is -0.384.